The molecule has 0 atom stereocenters. The molecule has 152 valence electrons. The van der Waals surface area contributed by atoms with Crippen molar-refractivity contribution in [2.45, 2.75) is 20.0 Å². The summed E-state index contributed by atoms with van der Waals surface area (Å²) in [5.74, 6) is 2.05. The quantitative estimate of drug-likeness (QED) is 0.247. The van der Waals surface area contributed by atoms with Crippen LogP contribution in [-0.4, -0.2) is 8.07 Å². The monoisotopic (exact) mass is 438 g/mol. The molecular weight excluding hydrogens is 414 g/mol. The molecule has 5 aromatic rings. The minimum Gasteiger partial charge on any atom is -0.455 e. The average Bonchev–Trinajstić information content (AvgIpc) is 3.16. The lowest BCUT2D eigenvalue weighted by Crippen LogP contribution is -2.51. The van der Waals surface area contributed by atoms with Crippen LogP contribution in [0, 0.1) is 6.92 Å². The van der Waals surface area contributed by atoms with E-state index in [1.54, 1.807) is 0 Å². The second-order valence-electron chi connectivity index (χ2n) is 8.96. The molecule has 0 unspecified atom stereocenters. The van der Waals surface area contributed by atoms with Crippen LogP contribution < -0.4 is 19.0 Å². The second-order valence-corrected chi connectivity index (χ2v) is 14.7. The molecule has 0 saturated carbocycles. The summed E-state index contributed by atoms with van der Waals surface area (Å²) in [6.07, 6.45) is 2.20. The molecule has 0 radical (unpaired) electrons. The maximum Gasteiger partial charge on any atom is 0.228 e. The zero-order valence-corrected chi connectivity index (χ0v) is 20.0. The first-order valence-corrected chi connectivity index (χ1v) is 14.5. The van der Waals surface area contributed by atoms with Gasteiger partial charge < -0.3 is 4.74 Å². The Morgan fingerprint density at radius 1 is 0.935 bits per heavy atom. The molecule has 6 rings (SSSR count). The average molecular weight is 439 g/mol. The fourth-order valence-electron chi connectivity index (χ4n) is 4.98. The number of aryl methyl sites for hydroxylation is 2. The predicted molar refractivity (Wildman–Crippen MR) is 134 cm³/mol. The van der Waals surface area contributed by atoms with Crippen molar-refractivity contribution in [3.8, 4) is 22.8 Å². The van der Waals surface area contributed by atoms with E-state index in [4.69, 9.17) is 4.74 Å². The molecule has 31 heavy (non-hydrogen) atoms. The summed E-state index contributed by atoms with van der Waals surface area (Å²) in [6, 6.07) is 24.0. The van der Waals surface area contributed by atoms with Gasteiger partial charge in [0, 0.05) is 10.6 Å². The molecule has 3 aromatic carbocycles. The van der Waals surface area contributed by atoms with Crippen LogP contribution in [0.5, 0.6) is 11.5 Å². The number of fused-ring (bicyclic) bond motifs is 3. The highest BCUT2D eigenvalue weighted by atomic mass is 32.1. The number of hydrogen-bond acceptors (Lipinski definition) is 2. The zero-order valence-electron chi connectivity index (χ0n) is 18.2. The maximum atomic E-state index is 6.80. The van der Waals surface area contributed by atoms with Crippen molar-refractivity contribution in [1.82, 2.24) is 0 Å². The Kier molecular flexibility index (Phi) is 3.95. The molecule has 0 amide bonds. The smallest absolute Gasteiger partial charge is 0.228 e. The fraction of sp³-hybridized carbons (Fsp3) is 0.148. The summed E-state index contributed by atoms with van der Waals surface area (Å²) >= 11 is 1.92. The highest BCUT2D eigenvalue weighted by molar-refractivity contribution is 7.34. The van der Waals surface area contributed by atoms with Gasteiger partial charge in [-0.05, 0) is 29.3 Å². The number of hydrogen-bond donors (Lipinski definition) is 0. The van der Waals surface area contributed by atoms with Gasteiger partial charge in [0.2, 0.25) is 5.69 Å². The Morgan fingerprint density at radius 2 is 1.68 bits per heavy atom. The first-order valence-electron chi connectivity index (χ1n) is 10.7. The van der Waals surface area contributed by atoms with Crippen LogP contribution in [0.1, 0.15) is 5.56 Å². The molecule has 0 spiro atoms. The maximum absolute atomic E-state index is 6.80. The van der Waals surface area contributed by atoms with Crippen molar-refractivity contribution in [2.24, 2.45) is 7.05 Å². The van der Waals surface area contributed by atoms with Gasteiger partial charge in [0.1, 0.15) is 26.3 Å². The number of aromatic nitrogens is 1. The lowest BCUT2D eigenvalue weighted by atomic mass is 9.94. The Bertz CT molecular complexity index is 1500. The van der Waals surface area contributed by atoms with E-state index in [9.17, 15) is 0 Å². The molecule has 2 aromatic heterocycles. The molecule has 1 aliphatic rings. The summed E-state index contributed by atoms with van der Waals surface area (Å²) < 4.78 is 11.8. The zero-order chi connectivity index (χ0) is 21.3. The largest absolute Gasteiger partial charge is 0.455 e. The van der Waals surface area contributed by atoms with Gasteiger partial charge in [-0.2, -0.15) is 0 Å². The molecule has 1 aliphatic heterocycles. The molecule has 2 nitrogen and oxygen atoms in total. The molecule has 0 aliphatic carbocycles. The van der Waals surface area contributed by atoms with Crippen molar-refractivity contribution in [3.05, 3.63) is 78.5 Å². The van der Waals surface area contributed by atoms with Gasteiger partial charge >= 0.3 is 0 Å². The van der Waals surface area contributed by atoms with Crippen LogP contribution in [0.3, 0.4) is 0 Å². The van der Waals surface area contributed by atoms with E-state index in [1.807, 2.05) is 11.3 Å². The Labute approximate surface area is 187 Å². The van der Waals surface area contributed by atoms with Gasteiger partial charge in [-0.25, -0.2) is 4.57 Å². The first kappa shape index (κ1) is 18.8. The fourth-order valence-corrected chi connectivity index (χ4v) is 9.60. The number of ether oxygens (including phenoxy) is 1. The van der Waals surface area contributed by atoms with Crippen LogP contribution in [0.4, 0.5) is 0 Å². The molecule has 3 heterocycles. The summed E-state index contributed by atoms with van der Waals surface area (Å²) in [5, 5.41) is 5.23. The third-order valence-electron chi connectivity index (χ3n) is 6.72. The Hall–Kier alpha value is -2.95. The second kappa shape index (κ2) is 6.52. The number of pyridine rings is 1. The highest BCUT2D eigenvalue weighted by Crippen LogP contribution is 2.49. The standard InChI is InChI=1S/C27H24NOSSi/c1-17-20-13-9-8-10-18(20)16-21-23(17)25-24-22(14-15-28(25)2)30-27(26(24)29-21)31(3,4)19-11-6-5-7-12-19/h5-16H,1-4H3/q+1. The van der Waals surface area contributed by atoms with Crippen molar-refractivity contribution >= 4 is 50.0 Å². The van der Waals surface area contributed by atoms with Crippen LogP contribution in [0.25, 0.3) is 32.1 Å². The van der Waals surface area contributed by atoms with Gasteiger partial charge in [-0.3, -0.25) is 0 Å². The van der Waals surface area contributed by atoms with Crippen LogP contribution >= 0.6 is 11.3 Å². The number of benzene rings is 3. The van der Waals surface area contributed by atoms with E-state index >= 15 is 0 Å². The lowest BCUT2D eigenvalue weighted by Gasteiger charge is -2.25. The van der Waals surface area contributed by atoms with E-state index in [1.165, 1.54) is 47.4 Å². The van der Waals surface area contributed by atoms with Crippen LogP contribution in [-0.2, 0) is 7.05 Å². The van der Waals surface area contributed by atoms with E-state index in [2.05, 4.69) is 105 Å². The molecule has 4 heteroatoms. The summed E-state index contributed by atoms with van der Waals surface area (Å²) in [6.45, 7) is 7.10. The summed E-state index contributed by atoms with van der Waals surface area (Å²) in [5.41, 5.74) is 3.79. The third kappa shape index (κ3) is 2.58. The predicted octanol–water partition coefficient (Wildman–Crippen LogP) is 5.78. The number of rotatable bonds is 2. The van der Waals surface area contributed by atoms with E-state index in [0.29, 0.717) is 0 Å². The van der Waals surface area contributed by atoms with E-state index in [0.717, 1.165) is 11.5 Å². The van der Waals surface area contributed by atoms with Crippen LogP contribution in [0.15, 0.2) is 72.9 Å². The van der Waals surface area contributed by atoms with Gasteiger partial charge in [-0.15, -0.1) is 11.3 Å². The minimum atomic E-state index is -1.91. The molecule has 0 fully saturated rings. The van der Waals surface area contributed by atoms with E-state index in [-0.39, 0.29) is 0 Å². The third-order valence-corrected chi connectivity index (χ3v) is 12.6. The molecule has 0 saturated heterocycles. The Morgan fingerprint density at radius 3 is 2.48 bits per heavy atom. The highest BCUT2D eigenvalue weighted by Gasteiger charge is 2.39. The topological polar surface area (TPSA) is 13.1 Å². The van der Waals surface area contributed by atoms with Gasteiger partial charge in [0.15, 0.2) is 11.9 Å². The lowest BCUT2D eigenvalue weighted by molar-refractivity contribution is -0.659. The van der Waals surface area contributed by atoms with Crippen molar-refractivity contribution in [3.63, 3.8) is 0 Å². The van der Waals surface area contributed by atoms with E-state index < -0.39 is 8.07 Å². The molecule has 0 bridgehead atoms. The number of nitrogens with zero attached hydrogens (tertiary/aromatic N) is 1. The molecule has 0 N–H and O–H groups in total. The summed E-state index contributed by atoms with van der Waals surface area (Å²) in [4.78, 5) is 0. The van der Waals surface area contributed by atoms with Crippen molar-refractivity contribution < 1.29 is 9.30 Å². The van der Waals surface area contributed by atoms with Crippen molar-refractivity contribution in [1.29, 1.82) is 0 Å². The summed E-state index contributed by atoms with van der Waals surface area (Å²) in [7, 11) is 0.237. The SMILES string of the molecule is Cc1c2c(cc3ccccc13)Oc1c([Si](C)(C)c3ccccc3)sc3cc[n+](C)c-2c13. The van der Waals surface area contributed by atoms with Crippen molar-refractivity contribution in [2.75, 3.05) is 0 Å². The Balaban J connectivity index is 1.71. The van der Waals surface area contributed by atoms with Crippen LogP contribution in [0.2, 0.25) is 13.1 Å². The normalized spacial score (nSPS) is 12.8. The van der Waals surface area contributed by atoms with Gasteiger partial charge in [-0.1, -0.05) is 72.9 Å². The van der Waals surface area contributed by atoms with Gasteiger partial charge in [0.25, 0.3) is 0 Å². The first-order chi connectivity index (χ1) is 15.0. The number of thiophene rings is 1. The van der Waals surface area contributed by atoms with Gasteiger partial charge in [0.05, 0.1) is 10.3 Å². The minimum absolute atomic E-state index is 0.976. The molecular formula is C27H24NOSSi+.